The monoisotopic (exact) mass is 587 g/mol. The first-order chi connectivity index (χ1) is 19.3. The topological polar surface area (TPSA) is 158 Å². The highest BCUT2D eigenvalue weighted by Gasteiger charge is 2.69. The molecular formula is C30H38ClN3O7. The van der Waals surface area contributed by atoms with Crippen LogP contribution in [0.15, 0.2) is 6.07 Å². The van der Waals surface area contributed by atoms with Gasteiger partial charge in [0, 0.05) is 24.0 Å². The van der Waals surface area contributed by atoms with Crippen molar-refractivity contribution in [2.24, 2.45) is 35.3 Å². The molecule has 41 heavy (non-hydrogen) atoms. The number of ketones is 4. The van der Waals surface area contributed by atoms with Gasteiger partial charge in [0.15, 0.2) is 34.7 Å². The summed E-state index contributed by atoms with van der Waals surface area (Å²) in [6.07, 6.45) is 6.24. The van der Waals surface area contributed by atoms with Gasteiger partial charge in [-0.3, -0.25) is 28.9 Å². The zero-order valence-electron chi connectivity index (χ0n) is 23.7. The number of halogens is 1. The summed E-state index contributed by atoms with van der Waals surface area (Å²) in [6, 6.07) is 0.317. The van der Waals surface area contributed by atoms with Crippen molar-refractivity contribution in [2.75, 3.05) is 27.7 Å². The highest BCUT2D eigenvalue weighted by atomic mass is 35.5. The Kier molecular flexibility index (Phi) is 7.91. The number of benzene rings is 1. The van der Waals surface area contributed by atoms with E-state index in [1.807, 2.05) is 7.05 Å². The lowest BCUT2D eigenvalue weighted by atomic mass is 9.52. The molecule has 1 aromatic carbocycles. The molecule has 3 unspecified atom stereocenters. The average molecular weight is 588 g/mol. The lowest BCUT2D eigenvalue weighted by molar-refractivity contribution is -0.181. The quantitative estimate of drug-likeness (QED) is 0.420. The summed E-state index contributed by atoms with van der Waals surface area (Å²) < 4.78 is 0. The average Bonchev–Trinajstić information content (AvgIpc) is 2.89. The van der Waals surface area contributed by atoms with Gasteiger partial charge in [-0.05, 0) is 75.9 Å². The molecule has 1 amide bonds. The molecule has 0 spiro atoms. The van der Waals surface area contributed by atoms with Crippen molar-refractivity contribution in [3.63, 3.8) is 0 Å². The van der Waals surface area contributed by atoms with Crippen LogP contribution in [0.4, 0.5) is 0 Å². The second-order valence-electron chi connectivity index (χ2n) is 12.7. The molecule has 3 saturated carbocycles. The molecule has 0 heterocycles. The van der Waals surface area contributed by atoms with Crippen LogP contribution in [0.25, 0.3) is 0 Å². The minimum Gasteiger partial charge on any atom is -0.507 e. The standard InChI is InChI=1S/C30H38ClN3O7/c1-33(2)24-18-10-15-9-17-21(19(35)11-16(23(17)31)13-34(3)12-14-7-5-4-6-8-14)25(36)20(15)27(38)30(18,41)28(39)22(26(24)37)29(32)40/h11,14-15,18,20,22,24,35,41H,4-10,12-13H2,1-3H3,(H2,32,40)/t15-,18-,20?,22?,24-,30?/m0/s1. The summed E-state index contributed by atoms with van der Waals surface area (Å²) in [7, 11) is 5.11. The predicted octanol–water partition coefficient (Wildman–Crippen LogP) is 1.53. The molecule has 5 rings (SSSR count). The number of amides is 1. The Hall–Kier alpha value is -2.66. The lowest BCUT2D eigenvalue weighted by Crippen LogP contribution is -2.74. The van der Waals surface area contributed by atoms with Gasteiger partial charge < -0.3 is 20.8 Å². The molecule has 222 valence electrons. The molecule has 4 aliphatic rings. The minimum atomic E-state index is -2.74. The van der Waals surface area contributed by atoms with E-state index in [1.54, 1.807) is 14.1 Å². The van der Waals surface area contributed by atoms with Gasteiger partial charge >= 0.3 is 0 Å². The first kappa shape index (κ1) is 29.8. The van der Waals surface area contributed by atoms with Gasteiger partial charge in [-0.25, -0.2) is 0 Å². The Labute approximate surface area is 244 Å². The predicted molar refractivity (Wildman–Crippen MR) is 149 cm³/mol. The summed E-state index contributed by atoms with van der Waals surface area (Å²) in [5, 5.41) is 23.0. The molecule has 11 heteroatoms. The number of aromatic hydroxyl groups is 1. The second kappa shape index (κ2) is 10.9. The number of carbonyl (C=O) groups excluding carboxylic acids is 5. The smallest absolute Gasteiger partial charge is 0.235 e. The van der Waals surface area contributed by atoms with Crippen molar-refractivity contribution in [1.82, 2.24) is 9.80 Å². The normalized spacial score (nSPS) is 32.2. The van der Waals surface area contributed by atoms with E-state index in [0.717, 1.165) is 6.54 Å². The number of nitrogens with zero attached hydrogens (tertiary/aromatic N) is 2. The van der Waals surface area contributed by atoms with Gasteiger partial charge in [0.05, 0.1) is 17.5 Å². The van der Waals surface area contributed by atoms with E-state index in [1.165, 1.54) is 43.1 Å². The van der Waals surface area contributed by atoms with Gasteiger partial charge in [0.2, 0.25) is 5.91 Å². The summed E-state index contributed by atoms with van der Waals surface area (Å²) in [5.41, 5.74) is 3.64. The zero-order chi connectivity index (χ0) is 30.0. The highest BCUT2D eigenvalue weighted by Crippen LogP contribution is 2.51. The third-order valence-corrected chi connectivity index (χ3v) is 10.3. The van der Waals surface area contributed by atoms with Crippen LogP contribution in [-0.4, -0.2) is 88.4 Å². The maximum Gasteiger partial charge on any atom is 0.235 e. The number of phenolic OH excluding ortho intramolecular Hbond substituents is 1. The number of likely N-dealkylation sites (N-methyl/N-ethyl adjacent to an activating group) is 1. The number of fused-ring (bicyclic) bond motifs is 3. The molecule has 4 aliphatic carbocycles. The van der Waals surface area contributed by atoms with E-state index in [-0.39, 0.29) is 24.2 Å². The SMILES string of the molecule is CN(Cc1cc(O)c2c(c1Cl)C[C@H]1C[C@H]3[C@H](N(C)C)C(=O)C(C(N)=O)C(=O)C3(O)C(=O)C1C2=O)CC1CCCCC1. The summed E-state index contributed by atoms with van der Waals surface area (Å²) in [6.45, 7) is 1.37. The van der Waals surface area contributed by atoms with Crippen LogP contribution in [0.5, 0.6) is 5.75 Å². The van der Waals surface area contributed by atoms with Crippen molar-refractivity contribution in [3.8, 4) is 5.75 Å². The summed E-state index contributed by atoms with van der Waals surface area (Å²) in [4.78, 5) is 70.0. The van der Waals surface area contributed by atoms with Crippen LogP contribution in [-0.2, 0) is 32.1 Å². The van der Waals surface area contributed by atoms with Gasteiger partial charge in [0.25, 0.3) is 0 Å². The fourth-order valence-electron chi connectivity index (χ4n) is 7.99. The Morgan fingerprint density at radius 2 is 1.76 bits per heavy atom. The molecule has 10 nitrogen and oxygen atoms in total. The molecule has 6 atom stereocenters. The first-order valence-corrected chi connectivity index (χ1v) is 14.7. The molecule has 4 N–H and O–H groups in total. The van der Waals surface area contributed by atoms with E-state index in [0.29, 0.717) is 28.6 Å². The molecule has 0 aromatic heterocycles. The Morgan fingerprint density at radius 3 is 2.37 bits per heavy atom. The van der Waals surface area contributed by atoms with E-state index < -0.39 is 64.4 Å². The van der Waals surface area contributed by atoms with Crippen LogP contribution < -0.4 is 5.73 Å². The first-order valence-electron chi connectivity index (χ1n) is 14.3. The maximum atomic E-state index is 13.9. The van der Waals surface area contributed by atoms with Gasteiger partial charge in [0.1, 0.15) is 5.75 Å². The summed E-state index contributed by atoms with van der Waals surface area (Å²) >= 11 is 6.87. The van der Waals surface area contributed by atoms with Crippen molar-refractivity contribution in [2.45, 2.75) is 63.1 Å². The minimum absolute atomic E-state index is 0.00715. The number of rotatable bonds is 6. The number of primary amides is 1. The van der Waals surface area contributed by atoms with Crippen LogP contribution in [0.1, 0.15) is 60.0 Å². The third-order valence-electron chi connectivity index (χ3n) is 9.80. The van der Waals surface area contributed by atoms with Gasteiger partial charge in [-0.2, -0.15) is 0 Å². The largest absolute Gasteiger partial charge is 0.507 e. The van der Waals surface area contributed by atoms with Crippen LogP contribution in [0.2, 0.25) is 5.02 Å². The Bertz CT molecular complexity index is 1320. The molecule has 0 saturated heterocycles. The van der Waals surface area contributed by atoms with Gasteiger partial charge in [-0.1, -0.05) is 30.9 Å². The molecular weight excluding hydrogens is 550 g/mol. The van der Waals surface area contributed by atoms with Crippen molar-refractivity contribution in [3.05, 3.63) is 27.8 Å². The number of phenols is 1. The second-order valence-corrected chi connectivity index (χ2v) is 13.1. The number of aliphatic hydroxyl groups is 1. The third kappa shape index (κ3) is 4.73. The van der Waals surface area contributed by atoms with Crippen molar-refractivity contribution in [1.29, 1.82) is 0 Å². The van der Waals surface area contributed by atoms with E-state index in [2.05, 4.69) is 4.90 Å². The zero-order valence-corrected chi connectivity index (χ0v) is 24.4. The maximum absolute atomic E-state index is 13.9. The number of carbonyl (C=O) groups is 5. The molecule has 0 radical (unpaired) electrons. The fourth-order valence-corrected chi connectivity index (χ4v) is 8.27. The van der Waals surface area contributed by atoms with Crippen LogP contribution in [0.3, 0.4) is 0 Å². The highest BCUT2D eigenvalue weighted by molar-refractivity contribution is 6.34. The Morgan fingerprint density at radius 1 is 1.10 bits per heavy atom. The Balaban J connectivity index is 1.49. The molecule has 3 fully saturated rings. The van der Waals surface area contributed by atoms with Crippen LogP contribution >= 0.6 is 11.6 Å². The van der Waals surface area contributed by atoms with Gasteiger partial charge in [-0.15, -0.1) is 0 Å². The van der Waals surface area contributed by atoms with Crippen LogP contribution in [0, 0.1) is 29.6 Å². The summed E-state index contributed by atoms with van der Waals surface area (Å²) in [5.74, 6) is -10.0. The van der Waals surface area contributed by atoms with E-state index >= 15 is 0 Å². The number of nitrogens with two attached hydrogens (primary N) is 1. The molecule has 1 aromatic rings. The van der Waals surface area contributed by atoms with E-state index in [9.17, 15) is 34.2 Å². The number of hydrogen-bond acceptors (Lipinski definition) is 9. The van der Waals surface area contributed by atoms with E-state index in [4.69, 9.17) is 17.3 Å². The fraction of sp³-hybridized carbons (Fsp3) is 0.633. The number of Topliss-reactive ketones (excluding diaryl/α,β-unsaturated/α-hetero) is 4. The molecule has 0 aliphatic heterocycles. The lowest BCUT2D eigenvalue weighted by Gasteiger charge is -2.52. The van der Waals surface area contributed by atoms with Crippen molar-refractivity contribution < 1.29 is 34.2 Å². The number of hydrogen-bond donors (Lipinski definition) is 3. The molecule has 0 bridgehead atoms. The van der Waals surface area contributed by atoms with Crippen molar-refractivity contribution >= 4 is 40.6 Å².